The maximum absolute atomic E-state index is 11.2. The largest absolute Gasteiger partial charge is 0.481 e. The smallest absolute Gasteiger partial charge is 0.312 e. The van der Waals surface area contributed by atoms with E-state index in [1.807, 2.05) is 0 Å². The molecule has 1 amide bonds. The lowest BCUT2D eigenvalue weighted by atomic mass is 10.3. The summed E-state index contributed by atoms with van der Waals surface area (Å²) in [5.74, 6) is -1.75. The van der Waals surface area contributed by atoms with E-state index in [-0.39, 0.29) is 0 Å². The van der Waals surface area contributed by atoms with Gasteiger partial charge in [-0.2, -0.15) is 0 Å². The van der Waals surface area contributed by atoms with Gasteiger partial charge in [-0.25, -0.2) is 5.48 Å². The van der Waals surface area contributed by atoms with Gasteiger partial charge in [-0.05, 0) is 24.3 Å². The van der Waals surface area contributed by atoms with Crippen LogP contribution in [0.2, 0.25) is 0 Å². The van der Waals surface area contributed by atoms with Crippen molar-refractivity contribution in [2.45, 2.75) is 6.42 Å². The second kappa shape index (κ2) is 7.54. The molecule has 0 bridgehead atoms. The molecule has 0 aliphatic heterocycles. The third-order valence-corrected chi connectivity index (χ3v) is 1.95. The van der Waals surface area contributed by atoms with Crippen molar-refractivity contribution in [2.75, 3.05) is 17.1 Å². The number of carbonyl (C=O) groups is 2. The van der Waals surface area contributed by atoms with Crippen LogP contribution in [-0.2, 0) is 18.9 Å². The first kappa shape index (κ1) is 14.3. The van der Waals surface area contributed by atoms with Crippen LogP contribution in [-0.4, -0.2) is 23.2 Å². The molecular formula is C10H12N2O5S. The molecule has 0 saturated heterocycles. The van der Waals surface area contributed by atoms with Gasteiger partial charge in [-0.15, -0.1) is 9.32 Å². The van der Waals surface area contributed by atoms with E-state index in [1.54, 1.807) is 30.5 Å². The van der Waals surface area contributed by atoms with Gasteiger partial charge in [0.1, 0.15) is 6.42 Å². The number of carboxylic acids is 1. The quantitative estimate of drug-likeness (QED) is 0.228. The maximum Gasteiger partial charge on any atom is 0.312 e. The second-order valence-electron chi connectivity index (χ2n) is 3.12. The zero-order chi connectivity index (χ0) is 13.4. The van der Waals surface area contributed by atoms with E-state index < -0.39 is 18.3 Å². The van der Waals surface area contributed by atoms with Crippen molar-refractivity contribution in [1.29, 1.82) is 0 Å². The lowest BCUT2D eigenvalue weighted by Gasteiger charge is -2.06. The van der Waals surface area contributed by atoms with Gasteiger partial charge in [-0.1, -0.05) is 0 Å². The van der Waals surface area contributed by atoms with E-state index in [4.69, 9.17) is 5.11 Å². The molecule has 18 heavy (non-hydrogen) atoms. The van der Waals surface area contributed by atoms with Crippen molar-refractivity contribution in [3.8, 4) is 0 Å². The first-order chi connectivity index (χ1) is 8.61. The summed E-state index contributed by atoms with van der Waals surface area (Å²) >= 11 is 1.04. The van der Waals surface area contributed by atoms with Crippen LogP contribution < -0.4 is 10.8 Å². The fourth-order valence-electron chi connectivity index (χ4n) is 1.06. The van der Waals surface area contributed by atoms with Crippen molar-refractivity contribution in [2.24, 2.45) is 0 Å². The van der Waals surface area contributed by atoms with Gasteiger partial charge in [0, 0.05) is 24.0 Å². The number of carboxylic acid groups (broad SMARTS) is 1. The third-order valence-electron chi connectivity index (χ3n) is 1.74. The molecule has 8 heteroatoms. The Morgan fingerprint density at radius 1 is 1.28 bits per heavy atom. The molecule has 0 saturated carbocycles. The Morgan fingerprint density at radius 2 is 1.89 bits per heavy atom. The molecule has 3 N–H and O–H groups in total. The topological polar surface area (TPSA) is 96.9 Å². The summed E-state index contributed by atoms with van der Waals surface area (Å²) in [4.78, 5) is 26.1. The van der Waals surface area contributed by atoms with Crippen LogP contribution in [0.4, 0.5) is 11.4 Å². The number of aliphatic carboxylic acids is 1. The Balaban J connectivity index is 2.44. The average Bonchev–Trinajstić information content (AvgIpc) is 2.30. The number of nitrogens with one attached hydrogen (secondary N) is 2. The Hall–Kier alpha value is -1.77. The summed E-state index contributed by atoms with van der Waals surface area (Å²) in [5, 5.41) is 10.9. The van der Waals surface area contributed by atoms with Gasteiger partial charge < -0.3 is 10.4 Å². The Labute approximate surface area is 108 Å². The molecular weight excluding hydrogens is 260 g/mol. The lowest BCUT2D eigenvalue weighted by Crippen LogP contribution is -2.15. The summed E-state index contributed by atoms with van der Waals surface area (Å²) < 4.78 is 4.55. The molecule has 0 fully saturated rings. The van der Waals surface area contributed by atoms with Crippen LogP contribution >= 0.6 is 12.0 Å². The molecule has 0 aliphatic rings. The van der Waals surface area contributed by atoms with E-state index >= 15 is 0 Å². The van der Waals surface area contributed by atoms with E-state index in [0.29, 0.717) is 11.4 Å². The number of amides is 1. The molecule has 0 unspecified atom stereocenters. The summed E-state index contributed by atoms with van der Waals surface area (Å²) in [6, 6.07) is 6.48. The zero-order valence-electron chi connectivity index (χ0n) is 9.50. The first-order valence-corrected chi connectivity index (χ1v) is 6.01. The summed E-state index contributed by atoms with van der Waals surface area (Å²) in [6.07, 6.45) is 1.13. The molecule has 98 valence electrons. The van der Waals surface area contributed by atoms with Crippen molar-refractivity contribution < 1.29 is 24.0 Å². The van der Waals surface area contributed by atoms with Crippen molar-refractivity contribution >= 4 is 35.3 Å². The van der Waals surface area contributed by atoms with Crippen LogP contribution in [0.15, 0.2) is 24.3 Å². The first-order valence-electron chi connectivity index (χ1n) is 4.86. The molecule has 0 atom stereocenters. The minimum Gasteiger partial charge on any atom is -0.481 e. The second-order valence-corrected chi connectivity index (χ2v) is 3.59. The van der Waals surface area contributed by atoms with E-state index in [0.717, 1.165) is 12.0 Å². The fraction of sp³-hybridized carbons (Fsp3) is 0.200. The fourth-order valence-corrected chi connectivity index (χ4v) is 1.17. The van der Waals surface area contributed by atoms with Crippen LogP contribution in [0.25, 0.3) is 0 Å². The third kappa shape index (κ3) is 5.53. The van der Waals surface area contributed by atoms with Gasteiger partial charge in [0.15, 0.2) is 0 Å². The van der Waals surface area contributed by atoms with Crippen LogP contribution in [0.5, 0.6) is 0 Å². The molecule has 1 aromatic rings. The highest BCUT2D eigenvalue weighted by atomic mass is 32.2. The van der Waals surface area contributed by atoms with Crippen LogP contribution in [0.1, 0.15) is 6.42 Å². The number of benzene rings is 1. The molecule has 0 radical (unpaired) electrons. The van der Waals surface area contributed by atoms with Crippen LogP contribution in [0.3, 0.4) is 0 Å². The summed E-state index contributed by atoms with van der Waals surface area (Å²) in [6.45, 7) is 0. The number of anilines is 2. The molecule has 1 rings (SSSR count). The number of rotatable bonds is 7. The summed E-state index contributed by atoms with van der Waals surface area (Å²) in [5.41, 5.74) is 3.63. The van der Waals surface area contributed by atoms with Gasteiger partial charge in [0.05, 0.1) is 5.69 Å². The molecule has 7 nitrogen and oxygen atoms in total. The predicted octanol–water partition coefficient (Wildman–Crippen LogP) is 1.65. The SMILES string of the molecule is CSOONc1ccc(NC(=O)CC(=O)O)cc1. The number of hydrogen-bond acceptors (Lipinski definition) is 6. The average molecular weight is 272 g/mol. The van der Waals surface area contributed by atoms with Crippen LogP contribution in [0, 0.1) is 0 Å². The normalized spacial score (nSPS) is 9.83. The van der Waals surface area contributed by atoms with Crippen molar-refractivity contribution in [1.82, 2.24) is 0 Å². The minimum atomic E-state index is -1.17. The van der Waals surface area contributed by atoms with Gasteiger partial charge in [0.25, 0.3) is 0 Å². The highest BCUT2D eigenvalue weighted by molar-refractivity contribution is 7.93. The molecule has 0 aliphatic carbocycles. The molecule has 0 aromatic heterocycles. The molecule has 0 heterocycles. The Kier molecular flexibility index (Phi) is 5.98. The summed E-state index contributed by atoms with van der Waals surface area (Å²) in [7, 11) is 0. The highest BCUT2D eigenvalue weighted by Gasteiger charge is 2.07. The number of carbonyl (C=O) groups excluding carboxylic acids is 1. The predicted molar refractivity (Wildman–Crippen MR) is 66.6 cm³/mol. The lowest BCUT2D eigenvalue weighted by molar-refractivity contribution is -0.160. The van der Waals surface area contributed by atoms with E-state index in [2.05, 4.69) is 20.1 Å². The monoisotopic (exact) mass is 272 g/mol. The molecule has 0 spiro atoms. The number of hydrogen-bond donors (Lipinski definition) is 3. The Morgan fingerprint density at radius 3 is 2.44 bits per heavy atom. The van der Waals surface area contributed by atoms with E-state index in [1.165, 1.54) is 0 Å². The Bertz CT molecular complexity index is 409. The van der Waals surface area contributed by atoms with Gasteiger partial charge >= 0.3 is 5.97 Å². The highest BCUT2D eigenvalue weighted by Crippen LogP contribution is 2.14. The van der Waals surface area contributed by atoms with Crippen molar-refractivity contribution in [3.63, 3.8) is 0 Å². The molecule has 1 aromatic carbocycles. The van der Waals surface area contributed by atoms with Gasteiger partial charge in [-0.3, -0.25) is 9.59 Å². The van der Waals surface area contributed by atoms with Gasteiger partial charge in [0.2, 0.25) is 5.91 Å². The zero-order valence-corrected chi connectivity index (χ0v) is 10.3. The van der Waals surface area contributed by atoms with Crippen molar-refractivity contribution in [3.05, 3.63) is 24.3 Å². The van der Waals surface area contributed by atoms with E-state index in [9.17, 15) is 9.59 Å². The standard InChI is InChI=1S/C10H12N2O5S/c1-18-17-16-12-8-4-2-7(3-5-8)11-9(13)6-10(14)15/h2-5,12H,6H2,1H3,(H,11,13)(H,14,15). The minimum absolute atomic E-state index is 0.498. The maximum atomic E-state index is 11.2.